The van der Waals surface area contributed by atoms with Crippen molar-refractivity contribution in [3.05, 3.63) is 53.9 Å². The van der Waals surface area contributed by atoms with Crippen molar-refractivity contribution in [2.45, 2.75) is 193 Å². The van der Waals surface area contributed by atoms with E-state index < -0.39 is 103 Å². The summed E-state index contributed by atoms with van der Waals surface area (Å²) in [6.07, 6.45) is 13.1. The van der Waals surface area contributed by atoms with Crippen LogP contribution in [0.3, 0.4) is 0 Å². The Balaban J connectivity index is 0.00000361. The average Bonchev–Trinajstić information content (AvgIpc) is 3.59. The lowest BCUT2D eigenvalue weighted by atomic mass is 9.73. The van der Waals surface area contributed by atoms with E-state index in [-0.39, 0.29) is 50.2 Å². The van der Waals surface area contributed by atoms with Gasteiger partial charge in [0.15, 0.2) is 12.6 Å². The van der Waals surface area contributed by atoms with Crippen LogP contribution in [0.1, 0.15) is 132 Å². The molecule has 5 rings (SSSR count). The van der Waals surface area contributed by atoms with Crippen molar-refractivity contribution >= 4 is 17.6 Å². The van der Waals surface area contributed by atoms with E-state index in [1.54, 1.807) is 70.5 Å². The van der Waals surface area contributed by atoms with Crippen molar-refractivity contribution in [3.63, 3.8) is 0 Å². The summed E-state index contributed by atoms with van der Waals surface area (Å²) in [5.74, 6) is -3.55. The van der Waals surface area contributed by atoms with E-state index >= 15 is 0 Å². The lowest BCUT2D eigenvalue weighted by Crippen LogP contribution is -2.59. The first-order valence-electron chi connectivity index (χ1n) is 27.8. The standard InChI is InChI=1S/C56H86FN5O13.2C2H2.CH4O/c1-14-45-56(10,67)52(65)36(6)49(61-70-31-68-12)33(3)27-55(9,69-13)53(37(7)51(38(8)54(66)73-45)74-47-24-32(2)23-34(4)71-47)75-48-26-43(25-35(5)72-48)62(11)22-21-46(63)60-44(28-57)50(64)40-17-15-39(16-18-40)41-19-20-42(29-58)59-30-41;3*1-2/h15-20,30,32-38,43-45,47-48,50-53,64-65,67H,14,21-28,31H2,1-13H3,(H,60,63);2*1-2H;2H,1H3/b61-49+;;;/t32-,33-,34+,35-,36+,37+,38-,43+,44-,45-,47+,48+,50-,51+,52-,53-,55-,56-;;;/m1.../s1. The first kappa shape index (κ1) is 72.0. The maximum absolute atomic E-state index is 14.5. The van der Waals surface area contributed by atoms with Gasteiger partial charge in [-0.25, -0.2) is 9.37 Å². The molecule has 19 nitrogen and oxygen atoms in total. The Hall–Kier alpha value is -5.12. The minimum absolute atomic E-state index is 0.0216. The van der Waals surface area contributed by atoms with Gasteiger partial charge in [0, 0.05) is 82.7 Å². The van der Waals surface area contributed by atoms with Gasteiger partial charge in [-0.15, -0.1) is 25.7 Å². The van der Waals surface area contributed by atoms with Crippen LogP contribution in [0.5, 0.6) is 0 Å². The number of alkyl halides is 1. The fraction of sp³-hybridized carbons (Fsp3) is 0.689. The van der Waals surface area contributed by atoms with E-state index in [2.05, 4.69) is 53.0 Å². The number of halogens is 1. The third-order valence-electron chi connectivity index (χ3n) is 15.8. The van der Waals surface area contributed by atoms with Gasteiger partial charge >= 0.3 is 5.97 Å². The SMILES string of the molecule is C#C.C#C.CC[C@H]1OC(=O)[C@H](C)[C@@H](O[C@H]2C[C@H](C)C[C@H](C)O2)[C@H](C)[C@@H](O[C@H]2C[C@@H](N(C)CCC(=O)N[C@H](CF)[C@H](O)c3ccc(-c4ccc(C#N)nc4)cc3)C[C@@H](C)O2)[C@](C)(OC)C[C@@H](C)/C(=N\OCOC)[C@H](C)[C@@H](O)[C@]1(C)O.CO. The summed E-state index contributed by atoms with van der Waals surface area (Å²) >= 11 is 0. The molecule has 454 valence electrons. The first-order valence-corrected chi connectivity index (χ1v) is 27.8. The molecule has 3 aliphatic rings. The molecule has 81 heavy (non-hydrogen) atoms. The monoisotopic (exact) mass is 1140 g/mol. The number of carbonyl (C=O) groups is 2. The second-order valence-electron chi connectivity index (χ2n) is 21.9. The molecule has 0 aliphatic carbocycles. The second-order valence-corrected chi connectivity index (χ2v) is 21.9. The lowest BCUT2D eigenvalue weighted by Gasteiger charge is -2.48. The van der Waals surface area contributed by atoms with Gasteiger partial charge in [-0.3, -0.25) is 9.59 Å². The van der Waals surface area contributed by atoms with Crippen LogP contribution >= 0.6 is 0 Å². The molecule has 0 spiro atoms. The zero-order valence-corrected chi connectivity index (χ0v) is 50.2. The van der Waals surface area contributed by atoms with Gasteiger partial charge in [0.05, 0.1) is 53.8 Å². The summed E-state index contributed by atoms with van der Waals surface area (Å²) in [7, 11) is 5.98. The number of hydrogen-bond acceptors (Lipinski definition) is 18. The van der Waals surface area contributed by atoms with Gasteiger partial charge in [-0.2, -0.15) is 5.26 Å². The number of nitriles is 1. The lowest BCUT2D eigenvalue weighted by molar-refractivity contribution is -0.287. The quantitative estimate of drug-likeness (QED) is 0.0327. The zero-order valence-electron chi connectivity index (χ0n) is 50.2. The molecule has 0 saturated carbocycles. The molecule has 3 aliphatic heterocycles. The van der Waals surface area contributed by atoms with Crippen LogP contribution in [-0.4, -0.2) is 169 Å². The van der Waals surface area contributed by atoms with Gasteiger partial charge in [-0.1, -0.05) is 64.0 Å². The molecule has 5 N–H and O–H groups in total. The number of ether oxygens (including phenoxy) is 7. The Kier molecular flexibility index (Phi) is 31.2. The number of cyclic esters (lactones) is 1. The smallest absolute Gasteiger partial charge is 0.311 e. The fourth-order valence-corrected chi connectivity index (χ4v) is 11.3. The Morgan fingerprint density at radius 2 is 1.54 bits per heavy atom. The van der Waals surface area contributed by atoms with Crippen molar-refractivity contribution in [2.75, 3.05) is 48.4 Å². The summed E-state index contributed by atoms with van der Waals surface area (Å²) in [4.78, 5) is 39.7. The highest BCUT2D eigenvalue weighted by molar-refractivity contribution is 5.89. The van der Waals surface area contributed by atoms with E-state index in [4.69, 9.17) is 48.4 Å². The Bertz CT molecular complexity index is 2270. The predicted octanol–water partition coefficient (Wildman–Crippen LogP) is 7.13. The molecule has 0 bridgehead atoms. The molecule has 1 aromatic heterocycles. The molecule has 1 amide bonds. The summed E-state index contributed by atoms with van der Waals surface area (Å²) < 4.78 is 59.4. The summed E-state index contributed by atoms with van der Waals surface area (Å²) in [6, 6.07) is 10.9. The maximum atomic E-state index is 14.5. The Labute approximate surface area is 481 Å². The predicted molar refractivity (Wildman–Crippen MR) is 306 cm³/mol. The van der Waals surface area contributed by atoms with E-state index in [1.807, 2.05) is 47.7 Å². The molecule has 1 aromatic carbocycles. The van der Waals surface area contributed by atoms with Crippen molar-refractivity contribution in [1.82, 2.24) is 15.2 Å². The Morgan fingerprint density at radius 1 is 0.938 bits per heavy atom. The number of amides is 1. The molecule has 18 atom stereocenters. The number of hydrogen-bond donors (Lipinski definition) is 5. The zero-order chi connectivity index (χ0) is 61.4. The highest BCUT2D eigenvalue weighted by atomic mass is 19.1. The van der Waals surface area contributed by atoms with Gasteiger partial charge < -0.3 is 68.6 Å². The van der Waals surface area contributed by atoms with E-state index in [1.165, 1.54) is 14.0 Å². The van der Waals surface area contributed by atoms with E-state index in [0.717, 1.165) is 24.7 Å². The number of oxime groups is 1. The van der Waals surface area contributed by atoms with Crippen molar-refractivity contribution in [1.29, 1.82) is 5.26 Å². The van der Waals surface area contributed by atoms with E-state index in [9.17, 15) is 29.3 Å². The van der Waals surface area contributed by atoms with E-state index in [0.29, 0.717) is 42.8 Å². The minimum atomic E-state index is -1.91. The molecule has 0 unspecified atom stereocenters. The van der Waals surface area contributed by atoms with Gasteiger partial charge in [-0.05, 0) is 96.5 Å². The molecular formula is C61H94FN5O14. The number of esters is 1. The van der Waals surface area contributed by atoms with Crippen LogP contribution in [-0.2, 0) is 47.6 Å². The van der Waals surface area contributed by atoms with Crippen LogP contribution in [0.25, 0.3) is 11.1 Å². The second kappa shape index (κ2) is 35.1. The molecule has 20 heteroatoms. The molecule has 3 fully saturated rings. The van der Waals surface area contributed by atoms with Crippen LogP contribution in [0.4, 0.5) is 4.39 Å². The number of aliphatic hydroxyl groups is 4. The summed E-state index contributed by atoms with van der Waals surface area (Å²) in [6.45, 7) is 17.8. The molecule has 3 saturated heterocycles. The number of carbonyl (C=O) groups excluding carboxylic acids is 2. The van der Waals surface area contributed by atoms with Crippen LogP contribution < -0.4 is 5.32 Å². The highest BCUT2D eigenvalue weighted by Crippen LogP contribution is 2.41. The maximum Gasteiger partial charge on any atom is 0.311 e. The third kappa shape index (κ3) is 20.0. The topological polar surface area (TPSA) is 253 Å². The van der Waals surface area contributed by atoms with Crippen LogP contribution in [0, 0.1) is 66.6 Å². The van der Waals surface area contributed by atoms with Crippen LogP contribution in [0.2, 0.25) is 0 Å². The van der Waals surface area contributed by atoms with Gasteiger partial charge in [0.25, 0.3) is 0 Å². The molecule has 0 radical (unpaired) electrons. The number of nitrogens with zero attached hydrogens (tertiary/aromatic N) is 4. The number of terminal acetylenes is 2. The normalized spacial score (nSPS) is 33.2. The number of aliphatic hydroxyl groups excluding tert-OH is 3. The number of pyridine rings is 1. The Morgan fingerprint density at radius 3 is 2.09 bits per heavy atom. The molecule has 2 aromatic rings. The largest absolute Gasteiger partial charge is 0.459 e. The molecular weight excluding hydrogens is 1050 g/mol. The summed E-state index contributed by atoms with van der Waals surface area (Å²) in [5.41, 5.74) is -0.354. The fourth-order valence-electron chi connectivity index (χ4n) is 11.3. The molecule has 4 heterocycles. The highest BCUT2D eigenvalue weighted by Gasteiger charge is 2.52. The van der Waals surface area contributed by atoms with Crippen LogP contribution in [0.15, 0.2) is 47.8 Å². The third-order valence-corrected chi connectivity index (χ3v) is 15.8. The number of nitrogens with one attached hydrogen (secondary N) is 1. The van der Waals surface area contributed by atoms with Gasteiger partial charge in [0.2, 0.25) is 12.7 Å². The number of benzene rings is 1. The number of aromatic nitrogens is 1. The average molecular weight is 1140 g/mol. The van der Waals surface area contributed by atoms with Crippen molar-refractivity contribution in [3.8, 4) is 42.9 Å². The summed E-state index contributed by atoms with van der Waals surface area (Å²) in [5, 5.41) is 58.5. The van der Waals surface area contributed by atoms with Crippen molar-refractivity contribution < 1.29 is 72.4 Å². The number of rotatable bonds is 18. The minimum Gasteiger partial charge on any atom is -0.459 e. The number of methoxy groups -OCH3 is 2. The van der Waals surface area contributed by atoms with Crippen molar-refractivity contribution in [2.24, 2.45) is 34.7 Å². The first-order chi connectivity index (χ1) is 38.5. The van der Waals surface area contributed by atoms with Gasteiger partial charge in [0.1, 0.15) is 36.2 Å².